The minimum absolute atomic E-state index is 0.176. The van der Waals surface area contributed by atoms with E-state index in [1.165, 1.54) is 29.0 Å². The van der Waals surface area contributed by atoms with Crippen LogP contribution in [0.4, 0.5) is 4.39 Å². The van der Waals surface area contributed by atoms with Crippen LogP contribution in [0.15, 0.2) is 24.3 Å². The lowest BCUT2D eigenvalue weighted by Crippen LogP contribution is -2.71. The summed E-state index contributed by atoms with van der Waals surface area (Å²) in [5.41, 5.74) is 0.964. The number of benzene rings is 1. The number of piperidine rings is 1. The first kappa shape index (κ1) is 19.8. The lowest BCUT2D eigenvalue weighted by Gasteiger charge is -2.55. The highest BCUT2D eigenvalue weighted by Crippen LogP contribution is 2.52. The van der Waals surface area contributed by atoms with E-state index in [9.17, 15) is 18.1 Å². The first-order valence-corrected chi connectivity index (χ1v) is 12.0. The van der Waals surface area contributed by atoms with Crippen LogP contribution >= 0.6 is 0 Å². The molecule has 28 heavy (non-hydrogen) atoms. The minimum atomic E-state index is -3.17. The molecule has 1 aliphatic carbocycles. The molecule has 1 aromatic carbocycles. The monoisotopic (exact) mass is 405 g/mol. The van der Waals surface area contributed by atoms with Crippen LogP contribution in [0.3, 0.4) is 0 Å². The highest BCUT2D eigenvalue weighted by molar-refractivity contribution is 7.88. The highest BCUT2D eigenvalue weighted by Gasteiger charge is 2.51. The molecule has 0 aromatic heterocycles. The molecule has 7 heteroatoms. The van der Waals surface area contributed by atoms with Crippen LogP contribution in [0.25, 0.3) is 0 Å². The van der Waals surface area contributed by atoms with Crippen molar-refractivity contribution >= 4 is 10.0 Å². The van der Waals surface area contributed by atoms with E-state index in [2.05, 4.69) is 11.0 Å². The van der Waals surface area contributed by atoms with Crippen molar-refractivity contribution in [3.63, 3.8) is 0 Å². The van der Waals surface area contributed by atoms with Gasteiger partial charge in [0.05, 0.1) is 24.3 Å². The summed E-state index contributed by atoms with van der Waals surface area (Å²) in [5, 5.41) is 9.25. The van der Waals surface area contributed by atoms with Crippen LogP contribution in [0.5, 0.6) is 0 Å². The maximum absolute atomic E-state index is 13.1. The predicted octanol–water partition coefficient (Wildman–Crippen LogP) is 2.96. The molecular formula is C21H28FN3O2S. The van der Waals surface area contributed by atoms with Crippen LogP contribution in [-0.4, -0.2) is 55.6 Å². The molecule has 0 bridgehead atoms. The van der Waals surface area contributed by atoms with Crippen LogP contribution < -0.4 is 0 Å². The van der Waals surface area contributed by atoms with Crippen molar-refractivity contribution < 1.29 is 12.8 Å². The molecule has 1 unspecified atom stereocenters. The van der Waals surface area contributed by atoms with Crippen LogP contribution in [-0.2, 0) is 10.0 Å². The summed E-state index contributed by atoms with van der Waals surface area (Å²) in [6, 6.07) is 9.21. The van der Waals surface area contributed by atoms with Crippen molar-refractivity contribution in [2.45, 2.75) is 43.6 Å². The second kappa shape index (κ2) is 7.40. The maximum Gasteiger partial charge on any atom is 0.211 e. The van der Waals surface area contributed by atoms with Gasteiger partial charge in [0.1, 0.15) is 5.82 Å². The van der Waals surface area contributed by atoms with Gasteiger partial charge in [-0.05, 0) is 74.2 Å². The van der Waals surface area contributed by atoms with Gasteiger partial charge in [0.15, 0.2) is 0 Å². The van der Waals surface area contributed by atoms with Crippen molar-refractivity contribution in [2.24, 2.45) is 11.8 Å². The van der Waals surface area contributed by atoms with Gasteiger partial charge < -0.3 is 0 Å². The summed E-state index contributed by atoms with van der Waals surface area (Å²) in [6.45, 7) is 2.77. The van der Waals surface area contributed by atoms with Gasteiger partial charge in [-0.3, -0.25) is 4.90 Å². The third kappa shape index (κ3) is 3.96. The number of rotatable bonds is 6. The van der Waals surface area contributed by atoms with E-state index in [4.69, 9.17) is 0 Å². The number of sulfonamides is 1. The Morgan fingerprint density at radius 1 is 1.21 bits per heavy atom. The van der Waals surface area contributed by atoms with Crippen molar-refractivity contribution in [2.75, 3.05) is 32.4 Å². The zero-order chi connectivity index (χ0) is 19.9. The number of nitrogens with zero attached hydrogens (tertiary/aromatic N) is 3. The number of nitriles is 1. The van der Waals surface area contributed by atoms with Crippen LogP contribution in [0, 0.1) is 29.0 Å². The van der Waals surface area contributed by atoms with Gasteiger partial charge >= 0.3 is 0 Å². The molecule has 152 valence electrons. The smallest absolute Gasteiger partial charge is 0.211 e. The molecular weight excluding hydrogens is 377 g/mol. The molecule has 0 amide bonds. The summed E-state index contributed by atoms with van der Waals surface area (Å²) in [6.07, 6.45) is 6.27. The fraction of sp³-hybridized carbons (Fsp3) is 0.667. The van der Waals surface area contributed by atoms with Crippen molar-refractivity contribution in [1.82, 2.24) is 9.21 Å². The average Bonchev–Trinajstić information content (AvgIpc) is 3.37. The largest absolute Gasteiger partial charge is 0.294 e. The Hall–Kier alpha value is -1.49. The summed E-state index contributed by atoms with van der Waals surface area (Å²) in [7, 11) is -3.17. The predicted molar refractivity (Wildman–Crippen MR) is 106 cm³/mol. The Bertz CT molecular complexity index is 851. The maximum atomic E-state index is 13.1. The third-order valence-corrected chi connectivity index (χ3v) is 8.16. The fourth-order valence-electron chi connectivity index (χ4n) is 5.11. The standard InChI is InChI=1S/C21H28FN3O2S/c1-28(26,27)25-14-21(15-25,8-9-23)24-10-6-16(7-11-24)12-18-13-20(18)17-2-4-19(22)5-3-17/h2-5,16,18,20H,6-8,10-15H2,1H3/t18-,20?/m1/s1. The SMILES string of the molecule is CS(=O)(=O)N1CC(CC#N)(N2CCC(C[C@@H]3CC3c3ccc(F)cc3)CC2)C1. The van der Waals surface area contributed by atoms with E-state index in [0.29, 0.717) is 37.3 Å². The van der Waals surface area contributed by atoms with Gasteiger partial charge in [0, 0.05) is 13.1 Å². The van der Waals surface area contributed by atoms with Gasteiger partial charge in [0.25, 0.3) is 0 Å². The second-order valence-corrected chi connectivity index (χ2v) is 10.9. The Labute approximate surface area is 167 Å². The molecule has 2 atom stereocenters. The Balaban J connectivity index is 1.28. The normalized spacial score (nSPS) is 28.5. The van der Waals surface area contributed by atoms with Gasteiger partial charge in [-0.25, -0.2) is 12.8 Å². The molecule has 0 radical (unpaired) electrons. The topological polar surface area (TPSA) is 64.4 Å². The van der Waals surface area contributed by atoms with Gasteiger partial charge in [0.2, 0.25) is 10.0 Å². The molecule has 2 aliphatic heterocycles. The third-order valence-electron chi connectivity index (χ3n) is 6.96. The van der Waals surface area contributed by atoms with Gasteiger partial charge in [-0.15, -0.1) is 0 Å². The van der Waals surface area contributed by atoms with Crippen molar-refractivity contribution in [3.8, 4) is 6.07 Å². The minimum Gasteiger partial charge on any atom is -0.294 e. The molecule has 4 rings (SSSR count). The molecule has 1 aromatic rings. The Morgan fingerprint density at radius 2 is 1.86 bits per heavy atom. The summed E-state index contributed by atoms with van der Waals surface area (Å²) in [4.78, 5) is 2.36. The number of likely N-dealkylation sites (tertiary alicyclic amines) is 1. The van der Waals surface area contributed by atoms with Crippen molar-refractivity contribution in [1.29, 1.82) is 5.26 Å². The van der Waals surface area contributed by atoms with Crippen molar-refractivity contribution in [3.05, 3.63) is 35.6 Å². The second-order valence-electron chi connectivity index (χ2n) is 8.91. The fourth-order valence-corrected chi connectivity index (χ4v) is 6.06. The van der Waals surface area contributed by atoms with Crippen LogP contribution in [0.2, 0.25) is 0 Å². The molecule has 2 saturated heterocycles. The summed E-state index contributed by atoms with van der Waals surface area (Å²) in [5.74, 6) is 1.81. The van der Waals surface area contributed by atoms with Gasteiger partial charge in [-0.2, -0.15) is 9.57 Å². The zero-order valence-corrected chi connectivity index (χ0v) is 17.2. The average molecular weight is 406 g/mol. The number of halogens is 1. The molecule has 0 N–H and O–H groups in total. The van der Waals surface area contributed by atoms with E-state index in [0.717, 1.165) is 25.9 Å². The lowest BCUT2D eigenvalue weighted by molar-refractivity contribution is -0.0299. The molecule has 0 spiro atoms. The molecule has 3 aliphatic rings. The zero-order valence-electron chi connectivity index (χ0n) is 16.3. The summed E-state index contributed by atoms with van der Waals surface area (Å²) < 4.78 is 38.0. The molecule has 1 saturated carbocycles. The van der Waals surface area contributed by atoms with Crippen LogP contribution in [0.1, 0.15) is 43.6 Å². The van der Waals surface area contributed by atoms with E-state index in [1.807, 2.05) is 12.1 Å². The first-order valence-electron chi connectivity index (χ1n) is 10.1. The highest BCUT2D eigenvalue weighted by atomic mass is 32.2. The Kier molecular flexibility index (Phi) is 5.24. The number of hydrogen-bond donors (Lipinski definition) is 0. The quantitative estimate of drug-likeness (QED) is 0.730. The molecule has 5 nitrogen and oxygen atoms in total. The van der Waals surface area contributed by atoms with E-state index in [-0.39, 0.29) is 11.4 Å². The molecule has 2 heterocycles. The number of hydrogen-bond acceptors (Lipinski definition) is 4. The van der Waals surface area contributed by atoms with E-state index in [1.54, 1.807) is 12.1 Å². The molecule has 3 fully saturated rings. The van der Waals surface area contributed by atoms with Gasteiger partial charge in [-0.1, -0.05) is 12.1 Å². The Morgan fingerprint density at radius 3 is 2.43 bits per heavy atom. The van der Waals surface area contributed by atoms with E-state index < -0.39 is 10.0 Å². The lowest BCUT2D eigenvalue weighted by atomic mass is 9.82. The first-order chi connectivity index (χ1) is 13.3. The summed E-state index contributed by atoms with van der Waals surface area (Å²) >= 11 is 0. The van der Waals surface area contributed by atoms with E-state index >= 15 is 0 Å².